The Morgan fingerprint density at radius 3 is 2.83 bits per heavy atom. The van der Waals surface area contributed by atoms with Crippen LogP contribution in [0.1, 0.15) is 20.2 Å². The summed E-state index contributed by atoms with van der Waals surface area (Å²) in [6.45, 7) is 0. The minimum Gasteiger partial charge on any atom is -0.477 e. The molecule has 1 N–H and O–H groups in total. The van der Waals surface area contributed by atoms with Crippen molar-refractivity contribution in [3.63, 3.8) is 0 Å². The molecule has 0 saturated heterocycles. The van der Waals surface area contributed by atoms with Gasteiger partial charge >= 0.3 is 11.0 Å². The summed E-state index contributed by atoms with van der Waals surface area (Å²) >= 11 is 2.09. The highest BCUT2D eigenvalue weighted by Gasteiger charge is 2.08. The van der Waals surface area contributed by atoms with E-state index >= 15 is 0 Å². The van der Waals surface area contributed by atoms with Gasteiger partial charge in [0.1, 0.15) is 9.88 Å². The predicted molar refractivity (Wildman–Crippen MR) is 69.0 cm³/mol. The molecule has 2 aromatic heterocycles. The fourth-order valence-corrected chi connectivity index (χ4v) is 2.51. The number of thiophene rings is 1. The minimum atomic E-state index is -1.02. The highest BCUT2D eigenvalue weighted by Crippen LogP contribution is 2.24. The first-order chi connectivity index (χ1) is 8.56. The molecular weight excluding hydrogens is 276 g/mol. The van der Waals surface area contributed by atoms with Crippen LogP contribution in [0.4, 0.5) is 5.00 Å². The standard InChI is InChI=1S/C10H6N2O4S2/c13-10(14)7-4-11-8(18-7)2-1-6-3-9(12(15)16)17-5-6/h1-5H,(H,13,14)/b2-1-. The number of thiazole rings is 1. The molecule has 0 aliphatic carbocycles. The van der Waals surface area contributed by atoms with E-state index in [1.807, 2.05) is 0 Å². The molecule has 0 aliphatic heterocycles. The number of rotatable bonds is 4. The summed E-state index contributed by atoms with van der Waals surface area (Å²) in [5.74, 6) is -1.02. The summed E-state index contributed by atoms with van der Waals surface area (Å²) in [4.78, 5) is 24.7. The lowest BCUT2D eigenvalue weighted by Gasteiger charge is -1.83. The lowest BCUT2D eigenvalue weighted by Crippen LogP contribution is -1.89. The maximum Gasteiger partial charge on any atom is 0.347 e. The number of carbonyl (C=O) groups is 1. The van der Waals surface area contributed by atoms with Gasteiger partial charge in [0.15, 0.2) is 0 Å². The van der Waals surface area contributed by atoms with Crippen LogP contribution in [0, 0.1) is 10.1 Å². The van der Waals surface area contributed by atoms with Gasteiger partial charge in [-0.1, -0.05) is 17.4 Å². The van der Waals surface area contributed by atoms with Crippen LogP contribution in [0.3, 0.4) is 0 Å². The van der Waals surface area contributed by atoms with Crippen molar-refractivity contribution in [3.8, 4) is 0 Å². The van der Waals surface area contributed by atoms with E-state index in [2.05, 4.69) is 4.98 Å². The maximum absolute atomic E-state index is 10.6. The van der Waals surface area contributed by atoms with Crippen LogP contribution in [0.5, 0.6) is 0 Å². The molecule has 92 valence electrons. The SMILES string of the molecule is O=C(O)c1cnc(/C=C\c2csc([N+](=O)[O-])c2)s1. The fraction of sp³-hybridized carbons (Fsp3) is 0. The molecule has 0 aliphatic rings. The molecule has 8 heteroatoms. The monoisotopic (exact) mass is 282 g/mol. The second kappa shape index (κ2) is 5.07. The summed E-state index contributed by atoms with van der Waals surface area (Å²) in [6.07, 6.45) is 4.57. The van der Waals surface area contributed by atoms with Gasteiger partial charge in [-0.25, -0.2) is 9.78 Å². The smallest absolute Gasteiger partial charge is 0.347 e. The first-order valence-corrected chi connectivity index (χ1v) is 6.36. The third-order valence-electron chi connectivity index (χ3n) is 1.94. The van der Waals surface area contributed by atoms with Crippen molar-refractivity contribution in [1.82, 2.24) is 4.98 Å². The number of carboxylic acids is 1. The molecule has 0 radical (unpaired) electrons. The Labute approximate surface area is 109 Å². The van der Waals surface area contributed by atoms with Crippen molar-refractivity contribution in [2.45, 2.75) is 0 Å². The Bertz CT molecular complexity index is 575. The van der Waals surface area contributed by atoms with Gasteiger partial charge in [-0.2, -0.15) is 0 Å². The zero-order chi connectivity index (χ0) is 13.1. The average Bonchev–Trinajstić information content (AvgIpc) is 2.95. The first-order valence-electron chi connectivity index (χ1n) is 4.66. The number of aromatic carboxylic acids is 1. The summed E-state index contributed by atoms with van der Waals surface area (Å²) in [6, 6.07) is 1.45. The van der Waals surface area contributed by atoms with Crippen molar-refractivity contribution in [3.05, 3.63) is 43.2 Å². The first kappa shape index (κ1) is 12.4. The number of hydrogen-bond acceptors (Lipinski definition) is 6. The van der Waals surface area contributed by atoms with Crippen LogP contribution in [0.25, 0.3) is 12.2 Å². The lowest BCUT2D eigenvalue weighted by atomic mass is 10.3. The number of nitro groups is 1. The third kappa shape index (κ3) is 2.79. The molecule has 0 atom stereocenters. The van der Waals surface area contributed by atoms with Crippen LogP contribution in [0.15, 0.2) is 17.6 Å². The van der Waals surface area contributed by atoms with E-state index in [0.717, 1.165) is 22.7 Å². The van der Waals surface area contributed by atoms with Gasteiger partial charge in [0, 0.05) is 11.4 Å². The molecule has 0 aromatic carbocycles. The van der Waals surface area contributed by atoms with Crippen LogP contribution in [-0.2, 0) is 0 Å². The zero-order valence-corrected chi connectivity index (χ0v) is 10.4. The Kier molecular flexibility index (Phi) is 3.49. The second-order valence-corrected chi connectivity index (χ2v) is 5.13. The van der Waals surface area contributed by atoms with E-state index in [-0.39, 0.29) is 9.88 Å². The molecule has 0 saturated carbocycles. The quantitative estimate of drug-likeness (QED) is 0.687. The molecule has 2 heterocycles. The van der Waals surface area contributed by atoms with Gasteiger partial charge in [-0.15, -0.1) is 11.3 Å². The summed E-state index contributed by atoms with van der Waals surface area (Å²) < 4.78 is 0. The summed E-state index contributed by atoms with van der Waals surface area (Å²) in [7, 11) is 0. The number of aromatic nitrogens is 1. The average molecular weight is 282 g/mol. The fourth-order valence-electron chi connectivity index (χ4n) is 1.15. The minimum absolute atomic E-state index is 0.0695. The zero-order valence-electron chi connectivity index (χ0n) is 8.77. The van der Waals surface area contributed by atoms with Gasteiger partial charge in [0.2, 0.25) is 0 Å². The van der Waals surface area contributed by atoms with E-state index in [9.17, 15) is 14.9 Å². The molecule has 6 nitrogen and oxygen atoms in total. The molecule has 2 rings (SSSR count). The van der Waals surface area contributed by atoms with Crippen molar-refractivity contribution in [2.24, 2.45) is 0 Å². The van der Waals surface area contributed by atoms with Crippen LogP contribution >= 0.6 is 22.7 Å². The van der Waals surface area contributed by atoms with E-state index in [0.29, 0.717) is 10.6 Å². The Morgan fingerprint density at radius 1 is 1.50 bits per heavy atom. The number of carboxylic acid groups (broad SMARTS) is 1. The number of nitrogens with zero attached hydrogens (tertiary/aromatic N) is 2. The summed E-state index contributed by atoms with van der Waals surface area (Å²) in [5, 5.41) is 21.5. The van der Waals surface area contributed by atoms with Gasteiger partial charge < -0.3 is 5.11 Å². The highest BCUT2D eigenvalue weighted by molar-refractivity contribution is 7.14. The number of hydrogen-bond donors (Lipinski definition) is 1. The van der Waals surface area contributed by atoms with E-state index in [1.165, 1.54) is 12.3 Å². The Balaban J connectivity index is 2.13. The second-order valence-electron chi connectivity index (χ2n) is 3.18. The highest BCUT2D eigenvalue weighted by atomic mass is 32.1. The molecule has 0 amide bonds. The molecule has 0 fully saturated rings. The van der Waals surface area contributed by atoms with Crippen molar-refractivity contribution >= 4 is 45.8 Å². The predicted octanol–water partition coefficient (Wildman–Crippen LogP) is 2.98. The molecule has 0 bridgehead atoms. The van der Waals surface area contributed by atoms with Gasteiger partial charge in [-0.05, 0) is 11.6 Å². The molecule has 0 spiro atoms. The van der Waals surface area contributed by atoms with Crippen molar-refractivity contribution in [1.29, 1.82) is 0 Å². The third-order valence-corrected chi connectivity index (χ3v) is 3.79. The molecule has 18 heavy (non-hydrogen) atoms. The Hall–Kier alpha value is -2.06. The lowest BCUT2D eigenvalue weighted by molar-refractivity contribution is -0.380. The Morgan fingerprint density at radius 2 is 2.28 bits per heavy atom. The largest absolute Gasteiger partial charge is 0.477 e. The van der Waals surface area contributed by atoms with Gasteiger partial charge in [0.05, 0.1) is 11.1 Å². The van der Waals surface area contributed by atoms with E-state index < -0.39 is 10.9 Å². The van der Waals surface area contributed by atoms with Crippen LogP contribution in [0.2, 0.25) is 0 Å². The molecule has 2 aromatic rings. The van der Waals surface area contributed by atoms with Crippen molar-refractivity contribution < 1.29 is 14.8 Å². The molecular formula is C10H6N2O4S2. The topological polar surface area (TPSA) is 93.3 Å². The van der Waals surface area contributed by atoms with Gasteiger partial charge in [-0.3, -0.25) is 10.1 Å². The van der Waals surface area contributed by atoms with E-state index in [1.54, 1.807) is 17.5 Å². The normalized spacial score (nSPS) is 10.9. The van der Waals surface area contributed by atoms with Crippen molar-refractivity contribution in [2.75, 3.05) is 0 Å². The van der Waals surface area contributed by atoms with Crippen LogP contribution in [-0.4, -0.2) is 21.0 Å². The van der Waals surface area contributed by atoms with Gasteiger partial charge in [0.25, 0.3) is 0 Å². The van der Waals surface area contributed by atoms with Crippen LogP contribution < -0.4 is 0 Å². The molecule has 0 unspecified atom stereocenters. The maximum atomic E-state index is 10.6. The summed E-state index contributed by atoms with van der Waals surface area (Å²) in [5.41, 5.74) is 0.693. The van der Waals surface area contributed by atoms with E-state index in [4.69, 9.17) is 5.11 Å².